The topological polar surface area (TPSA) is 30.5 Å². The lowest BCUT2D eigenvalue weighted by Crippen LogP contribution is -2.27. The number of hydrogen-bond acceptors (Lipinski definition) is 3. The summed E-state index contributed by atoms with van der Waals surface area (Å²) in [5, 5.41) is 3.45. The molecule has 3 heteroatoms. The van der Waals surface area contributed by atoms with E-state index >= 15 is 0 Å². The highest BCUT2D eigenvalue weighted by Crippen LogP contribution is 2.25. The molecular formula is C18H23NO2. The summed E-state index contributed by atoms with van der Waals surface area (Å²) in [5.41, 5.74) is 2.32. The second kappa shape index (κ2) is 7.70. The zero-order valence-corrected chi connectivity index (χ0v) is 12.9. The maximum atomic E-state index is 5.94. The molecule has 0 heterocycles. The van der Waals surface area contributed by atoms with Crippen LogP contribution in [-0.4, -0.2) is 20.3 Å². The molecule has 0 saturated carbocycles. The molecule has 0 amide bonds. The molecule has 0 fully saturated rings. The van der Waals surface area contributed by atoms with E-state index in [2.05, 4.69) is 31.3 Å². The molecule has 0 aliphatic carbocycles. The second-order valence-corrected chi connectivity index (χ2v) is 4.98. The maximum Gasteiger partial charge on any atom is 0.123 e. The third kappa shape index (κ3) is 4.23. The van der Waals surface area contributed by atoms with Gasteiger partial charge in [-0.1, -0.05) is 37.3 Å². The lowest BCUT2D eigenvalue weighted by atomic mass is 10.1. The van der Waals surface area contributed by atoms with Crippen molar-refractivity contribution in [1.82, 2.24) is 5.32 Å². The minimum Gasteiger partial charge on any atom is -0.496 e. The van der Waals surface area contributed by atoms with Crippen LogP contribution in [0.3, 0.4) is 0 Å². The van der Waals surface area contributed by atoms with Crippen molar-refractivity contribution in [2.75, 3.05) is 20.3 Å². The van der Waals surface area contributed by atoms with Gasteiger partial charge in [0.05, 0.1) is 13.2 Å². The Kier molecular flexibility index (Phi) is 5.64. The first kappa shape index (κ1) is 15.4. The zero-order chi connectivity index (χ0) is 15.1. The summed E-state index contributed by atoms with van der Waals surface area (Å²) >= 11 is 0. The minimum atomic E-state index is 0.103. The van der Waals surface area contributed by atoms with Crippen molar-refractivity contribution in [3.63, 3.8) is 0 Å². The lowest BCUT2D eigenvalue weighted by molar-refractivity contribution is 0.264. The van der Waals surface area contributed by atoms with Crippen molar-refractivity contribution < 1.29 is 9.47 Å². The van der Waals surface area contributed by atoms with Gasteiger partial charge in [-0.05, 0) is 37.2 Å². The maximum absolute atomic E-state index is 5.94. The molecule has 1 unspecified atom stereocenters. The van der Waals surface area contributed by atoms with Crippen molar-refractivity contribution in [3.8, 4) is 11.5 Å². The molecule has 3 nitrogen and oxygen atoms in total. The van der Waals surface area contributed by atoms with Crippen LogP contribution in [0.5, 0.6) is 11.5 Å². The van der Waals surface area contributed by atoms with Gasteiger partial charge in [-0.3, -0.25) is 0 Å². The minimum absolute atomic E-state index is 0.103. The molecule has 0 aliphatic heterocycles. The summed E-state index contributed by atoms with van der Waals surface area (Å²) < 4.78 is 11.4. The van der Waals surface area contributed by atoms with Crippen LogP contribution in [0.2, 0.25) is 0 Å². The Morgan fingerprint density at radius 2 is 1.90 bits per heavy atom. The number of benzene rings is 2. The predicted molar refractivity (Wildman–Crippen MR) is 86.1 cm³/mol. The normalized spacial score (nSPS) is 12.0. The van der Waals surface area contributed by atoms with Crippen LogP contribution >= 0.6 is 0 Å². The third-order valence-corrected chi connectivity index (χ3v) is 3.37. The molecule has 0 saturated heterocycles. The van der Waals surface area contributed by atoms with Gasteiger partial charge in [0.15, 0.2) is 0 Å². The van der Waals surface area contributed by atoms with E-state index < -0.39 is 0 Å². The molecule has 21 heavy (non-hydrogen) atoms. The van der Waals surface area contributed by atoms with Crippen LogP contribution in [0, 0.1) is 6.92 Å². The van der Waals surface area contributed by atoms with Crippen LogP contribution in [0.15, 0.2) is 48.5 Å². The summed E-state index contributed by atoms with van der Waals surface area (Å²) in [4.78, 5) is 0. The SMILES string of the molecule is CCNC(COc1cccc(C)c1)c1ccccc1OC. The van der Waals surface area contributed by atoms with E-state index in [1.54, 1.807) is 7.11 Å². The quantitative estimate of drug-likeness (QED) is 0.840. The van der Waals surface area contributed by atoms with Crippen LogP contribution in [0.25, 0.3) is 0 Å². The van der Waals surface area contributed by atoms with Crippen molar-refractivity contribution in [3.05, 3.63) is 59.7 Å². The van der Waals surface area contributed by atoms with Gasteiger partial charge < -0.3 is 14.8 Å². The Balaban J connectivity index is 2.12. The monoisotopic (exact) mass is 285 g/mol. The predicted octanol–water partition coefficient (Wildman–Crippen LogP) is 3.73. The Labute approximate surface area is 126 Å². The number of hydrogen-bond donors (Lipinski definition) is 1. The number of nitrogens with one attached hydrogen (secondary N) is 1. The van der Waals surface area contributed by atoms with Crippen LogP contribution in [0.4, 0.5) is 0 Å². The fourth-order valence-electron chi connectivity index (χ4n) is 2.34. The molecule has 2 aromatic carbocycles. The zero-order valence-electron chi connectivity index (χ0n) is 12.9. The number of likely N-dealkylation sites (N-methyl/N-ethyl adjacent to an activating group) is 1. The van der Waals surface area contributed by atoms with Gasteiger partial charge in [-0.2, -0.15) is 0 Å². The highest BCUT2D eigenvalue weighted by Gasteiger charge is 2.15. The highest BCUT2D eigenvalue weighted by molar-refractivity contribution is 5.36. The Hall–Kier alpha value is -2.00. The van der Waals surface area contributed by atoms with Crippen molar-refractivity contribution in [2.45, 2.75) is 19.9 Å². The molecule has 1 atom stereocenters. The van der Waals surface area contributed by atoms with E-state index in [0.717, 1.165) is 23.6 Å². The summed E-state index contributed by atoms with van der Waals surface area (Å²) in [6, 6.07) is 16.3. The number of aryl methyl sites for hydroxylation is 1. The molecular weight excluding hydrogens is 262 g/mol. The van der Waals surface area contributed by atoms with Gasteiger partial charge in [-0.15, -0.1) is 0 Å². The molecule has 2 rings (SSSR count). The van der Waals surface area contributed by atoms with Crippen molar-refractivity contribution in [2.24, 2.45) is 0 Å². The van der Waals surface area contributed by atoms with E-state index in [-0.39, 0.29) is 6.04 Å². The van der Waals surface area contributed by atoms with Gasteiger partial charge in [0, 0.05) is 5.56 Å². The fraction of sp³-hybridized carbons (Fsp3) is 0.333. The number of rotatable bonds is 7. The first-order chi connectivity index (χ1) is 10.2. The van der Waals surface area contributed by atoms with Gasteiger partial charge in [0.1, 0.15) is 18.1 Å². The average molecular weight is 285 g/mol. The molecule has 0 aromatic heterocycles. The summed E-state index contributed by atoms with van der Waals surface area (Å²) in [5.74, 6) is 1.78. The standard InChI is InChI=1S/C18H23NO2/c1-4-19-17(16-10-5-6-11-18(16)20-3)13-21-15-9-7-8-14(2)12-15/h5-12,17,19H,4,13H2,1-3H3. The summed E-state index contributed by atoms with van der Waals surface area (Å²) in [7, 11) is 1.70. The molecule has 0 radical (unpaired) electrons. The number of methoxy groups -OCH3 is 1. The van der Waals surface area contributed by atoms with E-state index in [4.69, 9.17) is 9.47 Å². The van der Waals surface area contributed by atoms with Crippen molar-refractivity contribution in [1.29, 1.82) is 0 Å². The molecule has 0 spiro atoms. The fourth-order valence-corrected chi connectivity index (χ4v) is 2.34. The smallest absolute Gasteiger partial charge is 0.123 e. The Morgan fingerprint density at radius 1 is 1.10 bits per heavy atom. The average Bonchev–Trinajstić information content (AvgIpc) is 2.51. The molecule has 112 valence electrons. The van der Waals surface area contributed by atoms with Gasteiger partial charge >= 0.3 is 0 Å². The van der Waals surface area contributed by atoms with E-state index in [0.29, 0.717) is 6.61 Å². The largest absolute Gasteiger partial charge is 0.496 e. The number of ether oxygens (including phenoxy) is 2. The van der Waals surface area contributed by atoms with Crippen LogP contribution in [0.1, 0.15) is 24.1 Å². The van der Waals surface area contributed by atoms with Crippen LogP contribution in [-0.2, 0) is 0 Å². The molecule has 1 N–H and O–H groups in total. The highest BCUT2D eigenvalue weighted by atomic mass is 16.5. The van der Waals surface area contributed by atoms with Gasteiger partial charge in [0.2, 0.25) is 0 Å². The first-order valence-electron chi connectivity index (χ1n) is 7.30. The van der Waals surface area contributed by atoms with Crippen LogP contribution < -0.4 is 14.8 Å². The Morgan fingerprint density at radius 3 is 2.62 bits per heavy atom. The molecule has 0 bridgehead atoms. The summed E-state index contributed by atoms with van der Waals surface area (Å²) in [6.45, 7) is 5.60. The molecule has 0 aliphatic rings. The summed E-state index contributed by atoms with van der Waals surface area (Å²) in [6.07, 6.45) is 0. The van der Waals surface area contributed by atoms with E-state index in [1.165, 1.54) is 5.56 Å². The third-order valence-electron chi connectivity index (χ3n) is 3.37. The second-order valence-electron chi connectivity index (χ2n) is 4.98. The molecule has 2 aromatic rings. The van der Waals surface area contributed by atoms with Gasteiger partial charge in [-0.25, -0.2) is 0 Å². The first-order valence-corrected chi connectivity index (χ1v) is 7.30. The van der Waals surface area contributed by atoms with Crippen molar-refractivity contribution >= 4 is 0 Å². The Bertz CT molecular complexity index is 569. The van der Waals surface area contributed by atoms with E-state index in [9.17, 15) is 0 Å². The van der Waals surface area contributed by atoms with E-state index in [1.807, 2.05) is 36.4 Å². The van der Waals surface area contributed by atoms with Gasteiger partial charge in [0.25, 0.3) is 0 Å². The number of para-hydroxylation sites is 1. The lowest BCUT2D eigenvalue weighted by Gasteiger charge is -2.21.